The molecule has 39 heavy (non-hydrogen) atoms. The first-order valence-electron chi connectivity index (χ1n) is 13.4. The summed E-state index contributed by atoms with van der Waals surface area (Å²) in [7, 11) is 2.16. The van der Waals surface area contributed by atoms with Crippen molar-refractivity contribution in [1.82, 2.24) is 20.1 Å². The topological polar surface area (TPSA) is 84.0 Å². The van der Waals surface area contributed by atoms with Gasteiger partial charge in [0.2, 0.25) is 6.17 Å². The fourth-order valence-electron chi connectivity index (χ4n) is 5.30. The zero-order valence-corrected chi connectivity index (χ0v) is 22.0. The van der Waals surface area contributed by atoms with E-state index in [0.717, 1.165) is 72.5 Å². The number of H-pyrrole nitrogens is 1. The van der Waals surface area contributed by atoms with Crippen LogP contribution in [0.1, 0.15) is 21.6 Å². The Morgan fingerprint density at radius 2 is 1.67 bits per heavy atom. The quantitative estimate of drug-likeness (QED) is 0.405. The average Bonchev–Trinajstić information content (AvgIpc) is 3.35. The number of hydrogen-bond acceptors (Lipinski definition) is 5. The van der Waals surface area contributed by atoms with Gasteiger partial charge in [-0.2, -0.15) is 0 Å². The van der Waals surface area contributed by atoms with Crippen molar-refractivity contribution in [2.24, 2.45) is 4.99 Å². The largest absolute Gasteiger partial charge is 0.351 e. The summed E-state index contributed by atoms with van der Waals surface area (Å²) in [6.07, 6.45) is 1.43. The molecule has 3 aromatic carbocycles. The number of nitrogens with zero attached hydrogens (tertiary/aromatic N) is 4. The number of aromatic amines is 1. The van der Waals surface area contributed by atoms with Crippen LogP contribution in [-0.4, -0.2) is 78.7 Å². The van der Waals surface area contributed by atoms with Gasteiger partial charge in [0.15, 0.2) is 0 Å². The van der Waals surface area contributed by atoms with Gasteiger partial charge in [0.25, 0.3) is 11.8 Å². The number of aromatic nitrogens is 1. The Kier molecular flexibility index (Phi) is 6.96. The van der Waals surface area contributed by atoms with Gasteiger partial charge in [-0.1, -0.05) is 54.6 Å². The number of piperazine rings is 1. The van der Waals surface area contributed by atoms with E-state index in [1.807, 2.05) is 66.7 Å². The highest BCUT2D eigenvalue weighted by molar-refractivity contribution is 6.11. The molecule has 4 aromatic rings. The van der Waals surface area contributed by atoms with Crippen molar-refractivity contribution in [2.75, 3.05) is 44.7 Å². The van der Waals surface area contributed by atoms with Crippen molar-refractivity contribution >= 4 is 40.3 Å². The number of benzodiazepines with no additional fused rings is 1. The van der Waals surface area contributed by atoms with E-state index < -0.39 is 6.17 Å². The molecular weight excluding hydrogens is 488 g/mol. The predicted molar refractivity (Wildman–Crippen MR) is 155 cm³/mol. The van der Waals surface area contributed by atoms with E-state index in [2.05, 4.69) is 38.2 Å². The molecule has 2 aliphatic heterocycles. The molecule has 1 atom stereocenters. The van der Waals surface area contributed by atoms with Crippen LogP contribution >= 0.6 is 0 Å². The molecule has 2 aliphatic rings. The third kappa shape index (κ3) is 5.21. The number of nitrogens with one attached hydrogen (secondary N) is 2. The van der Waals surface area contributed by atoms with Crippen LogP contribution < -0.4 is 10.2 Å². The number of carbonyl (C=O) groups is 2. The first kappa shape index (κ1) is 25.0. The van der Waals surface area contributed by atoms with E-state index >= 15 is 0 Å². The van der Waals surface area contributed by atoms with Gasteiger partial charge in [-0.3, -0.25) is 19.5 Å². The van der Waals surface area contributed by atoms with Gasteiger partial charge < -0.3 is 20.1 Å². The van der Waals surface area contributed by atoms with Crippen molar-refractivity contribution in [2.45, 2.75) is 12.6 Å². The van der Waals surface area contributed by atoms with E-state index in [1.165, 1.54) is 0 Å². The smallest absolute Gasteiger partial charge is 0.276 e. The maximum absolute atomic E-state index is 14.1. The Morgan fingerprint density at radius 1 is 0.949 bits per heavy atom. The molecule has 8 nitrogen and oxygen atoms in total. The maximum Gasteiger partial charge on any atom is 0.276 e. The molecule has 0 spiro atoms. The number of anilines is 2. The van der Waals surface area contributed by atoms with Crippen LogP contribution in [0.5, 0.6) is 0 Å². The molecule has 1 saturated heterocycles. The third-order valence-corrected chi connectivity index (χ3v) is 7.56. The standard InChI is InChI=1S/C31H32N6O2/c1-35-16-18-36(19-17-35)15-14-22-8-3-6-12-27(22)37-28-13-7-4-10-24(28)21-32-29(31(37)39)34-30(38)26-20-23-9-2-5-11-25(23)33-26/h2-13,20-21,29,33H,14-19H2,1H3,(H,34,38). The second-order valence-electron chi connectivity index (χ2n) is 10.2. The minimum absolute atomic E-state index is 0.298. The summed E-state index contributed by atoms with van der Waals surface area (Å²) in [5, 5.41) is 3.79. The van der Waals surface area contributed by atoms with Crippen LogP contribution in [0.2, 0.25) is 0 Å². The molecule has 0 radical (unpaired) electrons. The fourth-order valence-corrected chi connectivity index (χ4v) is 5.30. The lowest BCUT2D eigenvalue weighted by Crippen LogP contribution is -2.46. The summed E-state index contributed by atoms with van der Waals surface area (Å²) >= 11 is 0. The number of rotatable bonds is 6. The molecule has 3 heterocycles. The van der Waals surface area contributed by atoms with Crippen LogP contribution in [0.15, 0.2) is 83.9 Å². The molecule has 198 valence electrons. The Labute approximate surface area is 227 Å². The highest BCUT2D eigenvalue weighted by Gasteiger charge is 2.32. The SMILES string of the molecule is CN1CCN(CCc2ccccc2N2C(=O)C(NC(=O)c3cc4ccccc4[nH]3)N=Cc3ccccc32)CC1. The summed E-state index contributed by atoms with van der Waals surface area (Å²) in [5.41, 5.74) is 4.73. The molecule has 2 amide bonds. The highest BCUT2D eigenvalue weighted by Crippen LogP contribution is 2.33. The summed E-state index contributed by atoms with van der Waals surface area (Å²) in [4.78, 5) is 41.5. The molecule has 2 N–H and O–H groups in total. The fraction of sp³-hybridized carbons (Fsp3) is 0.258. The van der Waals surface area contributed by atoms with Gasteiger partial charge in [-0.05, 0) is 43.3 Å². The average molecular weight is 521 g/mol. The zero-order chi connectivity index (χ0) is 26.8. The number of amides is 2. The van der Waals surface area contributed by atoms with Crippen LogP contribution in [0.3, 0.4) is 0 Å². The number of hydrogen-bond donors (Lipinski definition) is 2. The normalized spacial score (nSPS) is 18.2. The number of para-hydroxylation sites is 3. The van der Waals surface area contributed by atoms with Crippen LogP contribution in [0.25, 0.3) is 10.9 Å². The summed E-state index contributed by atoms with van der Waals surface area (Å²) in [5.74, 6) is -0.677. The zero-order valence-electron chi connectivity index (χ0n) is 22.0. The molecule has 6 rings (SSSR count). The van der Waals surface area contributed by atoms with E-state index in [1.54, 1.807) is 17.2 Å². The Bertz CT molecular complexity index is 1500. The van der Waals surface area contributed by atoms with Crippen molar-refractivity contribution < 1.29 is 9.59 Å². The van der Waals surface area contributed by atoms with Gasteiger partial charge >= 0.3 is 0 Å². The van der Waals surface area contributed by atoms with Crippen molar-refractivity contribution in [3.8, 4) is 0 Å². The molecule has 1 aromatic heterocycles. The molecular formula is C31H32N6O2. The summed E-state index contributed by atoms with van der Waals surface area (Å²) in [6.45, 7) is 5.13. The second kappa shape index (κ2) is 10.8. The molecule has 8 heteroatoms. The van der Waals surface area contributed by atoms with Crippen LogP contribution in [-0.2, 0) is 11.2 Å². The molecule has 1 fully saturated rings. The van der Waals surface area contributed by atoms with Gasteiger partial charge in [0, 0.05) is 55.4 Å². The summed E-state index contributed by atoms with van der Waals surface area (Å²) in [6, 6.07) is 25.2. The predicted octanol–water partition coefficient (Wildman–Crippen LogP) is 3.81. The first-order valence-corrected chi connectivity index (χ1v) is 13.4. The van der Waals surface area contributed by atoms with Gasteiger partial charge in [0.05, 0.1) is 11.4 Å². The van der Waals surface area contributed by atoms with Crippen LogP contribution in [0.4, 0.5) is 11.4 Å². The van der Waals surface area contributed by atoms with E-state index in [4.69, 9.17) is 0 Å². The van der Waals surface area contributed by atoms with Gasteiger partial charge in [-0.25, -0.2) is 0 Å². The van der Waals surface area contributed by atoms with Crippen molar-refractivity contribution in [3.05, 3.63) is 95.7 Å². The molecule has 0 bridgehead atoms. The summed E-state index contributed by atoms with van der Waals surface area (Å²) < 4.78 is 0. The lowest BCUT2D eigenvalue weighted by atomic mass is 10.1. The number of aliphatic imine (C=N–C) groups is 1. The van der Waals surface area contributed by atoms with Crippen LogP contribution in [0, 0.1) is 0 Å². The molecule has 1 unspecified atom stereocenters. The van der Waals surface area contributed by atoms with Crippen molar-refractivity contribution in [1.29, 1.82) is 0 Å². The van der Waals surface area contributed by atoms with Gasteiger partial charge in [0.1, 0.15) is 5.69 Å². The van der Waals surface area contributed by atoms with E-state index in [0.29, 0.717) is 5.69 Å². The molecule has 0 saturated carbocycles. The number of carbonyl (C=O) groups excluding carboxylic acids is 2. The van der Waals surface area contributed by atoms with E-state index in [9.17, 15) is 9.59 Å². The Morgan fingerprint density at radius 3 is 2.49 bits per heavy atom. The lowest BCUT2D eigenvalue weighted by molar-refractivity contribution is -0.119. The first-order chi connectivity index (χ1) is 19.1. The third-order valence-electron chi connectivity index (χ3n) is 7.56. The second-order valence-corrected chi connectivity index (χ2v) is 10.2. The van der Waals surface area contributed by atoms with Crippen molar-refractivity contribution in [3.63, 3.8) is 0 Å². The maximum atomic E-state index is 14.1. The number of benzene rings is 3. The highest BCUT2D eigenvalue weighted by atomic mass is 16.2. The minimum atomic E-state index is -1.07. The number of likely N-dealkylation sites (N-methyl/N-ethyl adjacent to an activating group) is 1. The molecule has 0 aliphatic carbocycles. The lowest BCUT2D eigenvalue weighted by Gasteiger charge is -2.33. The Hall–Kier alpha value is -4.27. The Balaban J connectivity index is 1.29. The van der Waals surface area contributed by atoms with Gasteiger partial charge in [-0.15, -0.1) is 0 Å². The minimum Gasteiger partial charge on any atom is -0.351 e. The monoisotopic (exact) mass is 520 g/mol. The number of fused-ring (bicyclic) bond motifs is 2. The van der Waals surface area contributed by atoms with E-state index in [-0.39, 0.29) is 11.8 Å².